The molecule has 1 atom stereocenters. The molecular weight excluding hydrogens is 290 g/mol. The van der Waals surface area contributed by atoms with E-state index in [0.29, 0.717) is 17.4 Å². The number of hydrogen-bond acceptors (Lipinski definition) is 5. The Hall–Kier alpha value is -1.31. The van der Waals surface area contributed by atoms with Gasteiger partial charge in [-0.15, -0.1) is 0 Å². The van der Waals surface area contributed by atoms with E-state index in [-0.39, 0.29) is 10.9 Å². The first kappa shape index (κ1) is 14.6. The number of nitrogens with one attached hydrogen (secondary N) is 1. The molecule has 2 bridgehead atoms. The van der Waals surface area contributed by atoms with Crippen LogP contribution in [0.15, 0.2) is 23.1 Å². The third-order valence-corrected chi connectivity index (χ3v) is 5.96. The van der Waals surface area contributed by atoms with Crippen LogP contribution in [0.1, 0.15) is 12.8 Å². The maximum Gasteiger partial charge on any atom is 0.240 e. The van der Waals surface area contributed by atoms with Crippen molar-refractivity contribution in [1.82, 2.24) is 9.62 Å². The number of piperidine rings is 3. The average Bonchev–Trinajstić information content (AvgIpc) is 2.48. The summed E-state index contributed by atoms with van der Waals surface area (Å²) in [5.74, 6) is 0.928. The number of sulfonamides is 1. The van der Waals surface area contributed by atoms with Crippen molar-refractivity contribution in [2.75, 3.05) is 32.5 Å². The summed E-state index contributed by atoms with van der Waals surface area (Å²) in [7, 11) is -2.04. The van der Waals surface area contributed by atoms with E-state index in [4.69, 9.17) is 10.5 Å². The first-order valence-corrected chi connectivity index (χ1v) is 8.66. The Kier molecular flexibility index (Phi) is 3.81. The predicted molar refractivity (Wildman–Crippen MR) is 80.7 cm³/mol. The monoisotopic (exact) mass is 311 g/mol. The number of rotatable bonds is 4. The summed E-state index contributed by atoms with van der Waals surface area (Å²) in [5, 5.41) is 0. The molecule has 4 rings (SSSR count). The van der Waals surface area contributed by atoms with Gasteiger partial charge in [0, 0.05) is 12.6 Å². The molecule has 6 nitrogen and oxygen atoms in total. The fourth-order valence-corrected chi connectivity index (χ4v) is 4.58. The Bertz CT molecular complexity index is 624. The van der Waals surface area contributed by atoms with Crippen molar-refractivity contribution in [2.45, 2.75) is 23.8 Å². The molecule has 116 valence electrons. The Morgan fingerprint density at radius 2 is 2.05 bits per heavy atom. The van der Waals surface area contributed by atoms with E-state index in [1.165, 1.54) is 19.2 Å². The van der Waals surface area contributed by atoms with Crippen molar-refractivity contribution in [3.63, 3.8) is 0 Å². The lowest BCUT2D eigenvalue weighted by Crippen LogP contribution is -2.57. The summed E-state index contributed by atoms with van der Waals surface area (Å²) < 4.78 is 32.9. The van der Waals surface area contributed by atoms with Crippen LogP contribution in [0.2, 0.25) is 0 Å². The topological polar surface area (TPSA) is 84.7 Å². The van der Waals surface area contributed by atoms with Gasteiger partial charge in [-0.3, -0.25) is 0 Å². The van der Waals surface area contributed by atoms with E-state index in [2.05, 4.69) is 9.62 Å². The molecule has 21 heavy (non-hydrogen) atoms. The quantitative estimate of drug-likeness (QED) is 0.798. The second kappa shape index (κ2) is 5.47. The van der Waals surface area contributed by atoms with Gasteiger partial charge in [0.2, 0.25) is 10.0 Å². The van der Waals surface area contributed by atoms with Gasteiger partial charge in [0.15, 0.2) is 0 Å². The van der Waals surface area contributed by atoms with Crippen molar-refractivity contribution in [3.05, 3.63) is 18.2 Å². The summed E-state index contributed by atoms with van der Waals surface area (Å²) in [6.07, 6.45) is 2.13. The van der Waals surface area contributed by atoms with E-state index in [0.717, 1.165) is 32.5 Å². The lowest BCUT2D eigenvalue weighted by molar-refractivity contribution is 0.0827. The molecule has 0 radical (unpaired) electrons. The Balaban J connectivity index is 1.79. The summed E-state index contributed by atoms with van der Waals surface area (Å²) in [6.45, 7) is 2.96. The molecule has 3 saturated heterocycles. The van der Waals surface area contributed by atoms with Crippen LogP contribution in [0, 0.1) is 5.92 Å². The first-order valence-electron chi connectivity index (χ1n) is 7.18. The number of fused-ring (bicyclic) bond motifs is 3. The van der Waals surface area contributed by atoms with Crippen LogP contribution >= 0.6 is 0 Å². The number of benzene rings is 1. The van der Waals surface area contributed by atoms with Crippen molar-refractivity contribution in [1.29, 1.82) is 0 Å². The van der Waals surface area contributed by atoms with Crippen LogP contribution in [0.25, 0.3) is 0 Å². The molecule has 3 aliphatic rings. The van der Waals surface area contributed by atoms with E-state index in [9.17, 15) is 8.42 Å². The minimum Gasteiger partial charge on any atom is -0.495 e. The minimum atomic E-state index is -3.54. The molecule has 0 amide bonds. The van der Waals surface area contributed by atoms with Crippen LogP contribution in [-0.4, -0.2) is 46.1 Å². The van der Waals surface area contributed by atoms with Crippen molar-refractivity contribution < 1.29 is 13.2 Å². The highest BCUT2D eigenvalue weighted by atomic mass is 32.2. The lowest BCUT2D eigenvalue weighted by Gasteiger charge is -2.44. The van der Waals surface area contributed by atoms with Crippen molar-refractivity contribution >= 4 is 15.7 Å². The Morgan fingerprint density at radius 1 is 1.33 bits per heavy atom. The summed E-state index contributed by atoms with van der Waals surface area (Å²) in [6, 6.07) is 4.56. The normalized spacial score (nSPS) is 28.5. The standard InChI is InChI=1S/C14H21N3O3S/c1-20-14-3-2-11(8-12(14)15)21(18,19)16-13-9-17-6-4-10(13)5-7-17/h2-3,8,10,13,16H,4-7,9,15H2,1H3. The predicted octanol–water partition coefficient (Wildman–Crippen LogP) is 0.650. The fourth-order valence-electron chi connectivity index (χ4n) is 3.25. The third kappa shape index (κ3) is 2.86. The molecule has 3 fully saturated rings. The highest BCUT2D eigenvalue weighted by Gasteiger charge is 2.36. The number of nitrogens with two attached hydrogens (primary N) is 1. The molecule has 1 aromatic carbocycles. The molecule has 0 spiro atoms. The van der Waals surface area contributed by atoms with Gasteiger partial charge in [-0.05, 0) is 50.0 Å². The number of anilines is 1. The second-order valence-electron chi connectivity index (χ2n) is 5.77. The highest BCUT2D eigenvalue weighted by Crippen LogP contribution is 2.29. The Morgan fingerprint density at radius 3 is 2.57 bits per heavy atom. The van der Waals surface area contributed by atoms with Crippen LogP contribution < -0.4 is 15.2 Å². The molecule has 0 aliphatic carbocycles. The first-order chi connectivity index (χ1) is 9.99. The number of nitrogen functional groups attached to an aromatic ring is 1. The van der Waals surface area contributed by atoms with E-state index < -0.39 is 10.0 Å². The van der Waals surface area contributed by atoms with Gasteiger partial charge in [-0.1, -0.05) is 0 Å². The summed E-state index contributed by atoms with van der Waals surface area (Å²) >= 11 is 0. The minimum absolute atomic E-state index is 0.000765. The number of hydrogen-bond donors (Lipinski definition) is 2. The van der Waals surface area contributed by atoms with Crippen LogP contribution in [-0.2, 0) is 10.0 Å². The van der Waals surface area contributed by atoms with Crippen LogP contribution in [0.3, 0.4) is 0 Å². The molecular formula is C14H21N3O3S. The maximum atomic E-state index is 12.5. The molecule has 3 N–H and O–H groups in total. The van der Waals surface area contributed by atoms with Gasteiger partial charge in [-0.25, -0.2) is 13.1 Å². The number of nitrogens with zero attached hydrogens (tertiary/aromatic N) is 1. The molecule has 3 heterocycles. The van der Waals surface area contributed by atoms with Gasteiger partial charge in [-0.2, -0.15) is 0 Å². The highest BCUT2D eigenvalue weighted by molar-refractivity contribution is 7.89. The van der Waals surface area contributed by atoms with E-state index in [1.807, 2.05) is 0 Å². The number of ether oxygens (including phenoxy) is 1. The second-order valence-corrected chi connectivity index (χ2v) is 7.48. The molecule has 0 aromatic heterocycles. The number of methoxy groups -OCH3 is 1. The zero-order valence-electron chi connectivity index (χ0n) is 12.1. The van der Waals surface area contributed by atoms with Crippen molar-refractivity contribution in [3.8, 4) is 5.75 Å². The lowest BCUT2D eigenvalue weighted by atomic mass is 9.85. The third-order valence-electron chi connectivity index (χ3n) is 4.47. The zero-order valence-corrected chi connectivity index (χ0v) is 12.9. The van der Waals surface area contributed by atoms with Gasteiger partial charge < -0.3 is 15.4 Å². The van der Waals surface area contributed by atoms with Crippen LogP contribution in [0.4, 0.5) is 5.69 Å². The fraction of sp³-hybridized carbons (Fsp3) is 0.571. The van der Waals surface area contributed by atoms with Gasteiger partial charge in [0.1, 0.15) is 5.75 Å². The Labute approximate surface area is 125 Å². The van der Waals surface area contributed by atoms with Gasteiger partial charge in [0.05, 0.1) is 17.7 Å². The SMILES string of the molecule is COc1ccc(S(=O)(=O)NC2CN3CCC2CC3)cc1N. The molecule has 0 saturated carbocycles. The maximum absolute atomic E-state index is 12.5. The summed E-state index contributed by atoms with van der Waals surface area (Å²) in [5.41, 5.74) is 6.12. The van der Waals surface area contributed by atoms with Crippen molar-refractivity contribution in [2.24, 2.45) is 5.92 Å². The summed E-state index contributed by atoms with van der Waals surface area (Å²) in [4.78, 5) is 2.51. The van der Waals surface area contributed by atoms with Gasteiger partial charge >= 0.3 is 0 Å². The molecule has 1 aromatic rings. The van der Waals surface area contributed by atoms with E-state index in [1.54, 1.807) is 6.07 Å². The smallest absolute Gasteiger partial charge is 0.240 e. The zero-order chi connectivity index (χ0) is 15.0. The van der Waals surface area contributed by atoms with Gasteiger partial charge in [0.25, 0.3) is 0 Å². The van der Waals surface area contributed by atoms with E-state index >= 15 is 0 Å². The molecule has 1 unspecified atom stereocenters. The average molecular weight is 311 g/mol. The molecule has 7 heteroatoms. The van der Waals surface area contributed by atoms with Crippen LogP contribution in [0.5, 0.6) is 5.75 Å². The molecule has 3 aliphatic heterocycles. The largest absolute Gasteiger partial charge is 0.495 e.